The van der Waals surface area contributed by atoms with Crippen LogP contribution >= 0.6 is 0 Å². The van der Waals surface area contributed by atoms with Gasteiger partial charge in [0.05, 0.1) is 16.9 Å². The zero-order chi connectivity index (χ0) is 13.3. The van der Waals surface area contributed by atoms with E-state index in [4.69, 9.17) is 11.0 Å². The van der Waals surface area contributed by atoms with Crippen molar-refractivity contribution in [3.8, 4) is 6.07 Å². The minimum atomic E-state index is 0.485. The maximum atomic E-state index is 9.03. The van der Waals surface area contributed by atoms with Gasteiger partial charge in [-0.05, 0) is 33.0 Å². The maximum Gasteiger partial charge on any atom is 0.101 e. The summed E-state index contributed by atoms with van der Waals surface area (Å²) in [6, 6.07) is 8.78. The van der Waals surface area contributed by atoms with Crippen LogP contribution in [0, 0.1) is 11.3 Å². The summed E-state index contributed by atoms with van der Waals surface area (Å²) >= 11 is 0. The van der Waals surface area contributed by atoms with Gasteiger partial charge in [0.2, 0.25) is 0 Å². The molecule has 2 N–H and O–H groups in total. The van der Waals surface area contributed by atoms with Gasteiger partial charge in [-0.15, -0.1) is 0 Å². The van der Waals surface area contributed by atoms with Crippen LogP contribution in [0.2, 0.25) is 0 Å². The monoisotopic (exact) mass is 244 g/mol. The maximum absolute atomic E-state index is 9.03. The lowest BCUT2D eigenvalue weighted by Gasteiger charge is -2.43. The molecule has 0 aromatic heterocycles. The van der Waals surface area contributed by atoms with Crippen molar-refractivity contribution >= 4 is 11.4 Å². The fourth-order valence-electron chi connectivity index (χ4n) is 2.53. The highest BCUT2D eigenvalue weighted by atomic mass is 15.3. The number of nitriles is 1. The molecule has 2 rings (SSSR count). The van der Waals surface area contributed by atoms with Gasteiger partial charge < -0.3 is 10.6 Å². The molecule has 2 unspecified atom stereocenters. The number of anilines is 2. The van der Waals surface area contributed by atoms with Crippen LogP contribution < -0.4 is 10.6 Å². The molecule has 0 bridgehead atoms. The number of nitrogen functional groups attached to an aromatic ring is 1. The molecule has 1 aliphatic heterocycles. The first-order chi connectivity index (χ1) is 8.54. The van der Waals surface area contributed by atoms with Crippen molar-refractivity contribution in [2.24, 2.45) is 0 Å². The molecule has 0 aliphatic carbocycles. The Bertz CT molecular complexity index is 465. The van der Waals surface area contributed by atoms with E-state index in [1.807, 2.05) is 12.1 Å². The zero-order valence-corrected chi connectivity index (χ0v) is 11.2. The number of nitrogens with two attached hydrogens (primary N) is 1. The van der Waals surface area contributed by atoms with Crippen molar-refractivity contribution in [1.29, 1.82) is 5.26 Å². The van der Waals surface area contributed by atoms with Crippen molar-refractivity contribution in [3.63, 3.8) is 0 Å². The van der Waals surface area contributed by atoms with E-state index in [-0.39, 0.29) is 0 Å². The topological polar surface area (TPSA) is 56.3 Å². The zero-order valence-electron chi connectivity index (χ0n) is 11.2. The number of para-hydroxylation sites is 1. The van der Waals surface area contributed by atoms with Crippen LogP contribution in [0.15, 0.2) is 18.2 Å². The second-order valence-corrected chi connectivity index (χ2v) is 5.12. The second-order valence-electron chi connectivity index (χ2n) is 5.12. The summed E-state index contributed by atoms with van der Waals surface area (Å²) in [6.45, 7) is 6.32. The van der Waals surface area contributed by atoms with Crippen LogP contribution in [0.1, 0.15) is 19.4 Å². The third-order valence-electron chi connectivity index (χ3n) is 3.90. The predicted molar refractivity (Wildman–Crippen MR) is 74.5 cm³/mol. The fraction of sp³-hybridized carbons (Fsp3) is 0.500. The number of rotatable bonds is 1. The van der Waals surface area contributed by atoms with E-state index >= 15 is 0 Å². The van der Waals surface area contributed by atoms with E-state index < -0.39 is 0 Å². The first-order valence-electron chi connectivity index (χ1n) is 6.30. The van der Waals surface area contributed by atoms with Crippen molar-refractivity contribution < 1.29 is 0 Å². The van der Waals surface area contributed by atoms with Gasteiger partial charge in [-0.3, -0.25) is 4.90 Å². The minimum Gasteiger partial charge on any atom is -0.396 e. The highest BCUT2D eigenvalue weighted by molar-refractivity contribution is 5.74. The lowest BCUT2D eigenvalue weighted by Crippen LogP contribution is -2.55. The fourth-order valence-corrected chi connectivity index (χ4v) is 2.53. The summed E-state index contributed by atoms with van der Waals surface area (Å²) in [4.78, 5) is 4.66. The lowest BCUT2D eigenvalue weighted by atomic mass is 10.1. The summed E-state index contributed by atoms with van der Waals surface area (Å²) in [6.07, 6.45) is 0. The van der Waals surface area contributed by atoms with Gasteiger partial charge in [0.1, 0.15) is 6.07 Å². The molecular formula is C14H20N4. The molecule has 18 heavy (non-hydrogen) atoms. The van der Waals surface area contributed by atoms with Gasteiger partial charge in [-0.2, -0.15) is 5.26 Å². The summed E-state index contributed by atoms with van der Waals surface area (Å²) in [5, 5.41) is 9.03. The van der Waals surface area contributed by atoms with Gasteiger partial charge >= 0.3 is 0 Å². The Balaban J connectivity index is 2.30. The highest BCUT2D eigenvalue weighted by Crippen LogP contribution is 2.29. The molecule has 1 fully saturated rings. The van der Waals surface area contributed by atoms with Crippen LogP contribution in [0.5, 0.6) is 0 Å². The third kappa shape index (κ3) is 2.14. The molecular weight excluding hydrogens is 224 g/mol. The molecule has 4 nitrogen and oxygen atoms in total. The van der Waals surface area contributed by atoms with Crippen LogP contribution in [-0.2, 0) is 0 Å². The summed E-state index contributed by atoms with van der Waals surface area (Å²) in [5.41, 5.74) is 8.22. The Morgan fingerprint density at radius 3 is 2.44 bits per heavy atom. The molecule has 1 heterocycles. The van der Waals surface area contributed by atoms with Gasteiger partial charge in [0.15, 0.2) is 0 Å². The van der Waals surface area contributed by atoms with Crippen molar-refractivity contribution in [1.82, 2.24) is 4.90 Å². The normalized spacial score (nSPS) is 24.9. The Labute approximate surface area is 109 Å². The van der Waals surface area contributed by atoms with Crippen LogP contribution in [0.25, 0.3) is 0 Å². The Morgan fingerprint density at radius 1 is 1.28 bits per heavy atom. The summed E-state index contributed by atoms with van der Waals surface area (Å²) < 4.78 is 0. The Kier molecular flexibility index (Phi) is 3.44. The molecule has 96 valence electrons. The van der Waals surface area contributed by atoms with E-state index in [1.165, 1.54) is 0 Å². The van der Waals surface area contributed by atoms with Crippen molar-refractivity contribution in [2.45, 2.75) is 25.9 Å². The van der Waals surface area contributed by atoms with E-state index in [1.54, 1.807) is 6.07 Å². The largest absolute Gasteiger partial charge is 0.396 e. The van der Waals surface area contributed by atoms with Crippen LogP contribution in [0.4, 0.5) is 11.4 Å². The molecule has 1 aromatic rings. The molecule has 0 saturated carbocycles. The number of hydrogen-bond acceptors (Lipinski definition) is 4. The summed E-state index contributed by atoms with van der Waals surface area (Å²) in [5.74, 6) is 0. The van der Waals surface area contributed by atoms with E-state index in [0.717, 1.165) is 18.8 Å². The third-order valence-corrected chi connectivity index (χ3v) is 3.90. The molecule has 1 aromatic carbocycles. The highest BCUT2D eigenvalue weighted by Gasteiger charge is 2.27. The molecule has 2 atom stereocenters. The van der Waals surface area contributed by atoms with E-state index in [0.29, 0.717) is 23.3 Å². The van der Waals surface area contributed by atoms with E-state index in [2.05, 4.69) is 36.8 Å². The van der Waals surface area contributed by atoms with Crippen molar-refractivity contribution in [2.75, 3.05) is 30.8 Å². The smallest absolute Gasteiger partial charge is 0.101 e. The van der Waals surface area contributed by atoms with Crippen molar-refractivity contribution in [3.05, 3.63) is 23.8 Å². The lowest BCUT2D eigenvalue weighted by molar-refractivity contribution is 0.170. The SMILES string of the molecule is CC1CN(c2cccc(C#N)c2N)CC(C)N1C. The average Bonchev–Trinajstić information content (AvgIpc) is 2.35. The number of benzene rings is 1. The number of hydrogen-bond donors (Lipinski definition) is 1. The number of likely N-dealkylation sites (N-methyl/N-ethyl adjacent to an activating group) is 1. The predicted octanol–water partition coefficient (Wildman–Crippen LogP) is 1.67. The number of piperazine rings is 1. The van der Waals surface area contributed by atoms with Crippen LogP contribution in [-0.4, -0.2) is 37.1 Å². The molecule has 0 radical (unpaired) electrons. The second kappa shape index (κ2) is 4.87. The quantitative estimate of drug-likeness (QED) is 0.763. The summed E-state index contributed by atoms with van der Waals surface area (Å²) in [7, 11) is 2.15. The molecule has 1 aliphatic rings. The van der Waals surface area contributed by atoms with Gasteiger partial charge in [0.25, 0.3) is 0 Å². The molecule has 0 spiro atoms. The van der Waals surface area contributed by atoms with E-state index in [9.17, 15) is 0 Å². The Hall–Kier alpha value is -1.73. The van der Waals surface area contributed by atoms with Crippen LogP contribution in [0.3, 0.4) is 0 Å². The average molecular weight is 244 g/mol. The molecule has 1 saturated heterocycles. The Morgan fingerprint density at radius 2 is 1.89 bits per heavy atom. The van der Waals surface area contributed by atoms with Gasteiger partial charge in [0, 0.05) is 25.2 Å². The van der Waals surface area contributed by atoms with Gasteiger partial charge in [-0.25, -0.2) is 0 Å². The number of nitrogens with zero attached hydrogens (tertiary/aromatic N) is 3. The van der Waals surface area contributed by atoms with Gasteiger partial charge in [-0.1, -0.05) is 6.07 Å². The standard InChI is InChI=1S/C14H20N4/c1-10-8-18(9-11(2)17(10)3)13-6-4-5-12(7-15)14(13)16/h4-6,10-11H,8-9,16H2,1-3H3. The molecule has 0 amide bonds. The first kappa shape index (κ1) is 12.7. The first-order valence-corrected chi connectivity index (χ1v) is 6.30. The molecule has 4 heteroatoms. The minimum absolute atomic E-state index is 0.485.